The molecular weight excluding hydrogens is 172 g/mol. The van der Waals surface area contributed by atoms with E-state index in [9.17, 15) is 0 Å². The molecule has 1 aliphatic rings. The Labute approximate surface area is 79.6 Å². The topological polar surface area (TPSA) is 15.3 Å². The van der Waals surface area contributed by atoms with E-state index in [0.29, 0.717) is 0 Å². The third-order valence-corrected chi connectivity index (χ3v) is 2.43. The van der Waals surface area contributed by atoms with E-state index in [1.54, 1.807) is 0 Å². The Hall–Kier alpha value is -0.0500. The smallest absolute Gasteiger partial charge is 0.0335 e. The summed E-state index contributed by atoms with van der Waals surface area (Å²) in [6, 6.07) is 0. The number of piperidine rings is 1. The zero-order chi connectivity index (χ0) is 8.97. The number of rotatable bonds is 2. The van der Waals surface area contributed by atoms with Gasteiger partial charge in [-0.2, -0.15) is 0 Å². The van der Waals surface area contributed by atoms with Crippen LogP contribution in [-0.4, -0.2) is 38.6 Å². The summed E-state index contributed by atoms with van der Waals surface area (Å²) in [7, 11) is 4.09. The van der Waals surface area contributed by atoms with Crippen LogP contribution >= 0.6 is 11.6 Å². The number of hydrogen-bond acceptors (Lipinski definition) is 2. The van der Waals surface area contributed by atoms with Crippen LogP contribution in [0.25, 0.3) is 0 Å². The maximum absolute atomic E-state index is 6.16. The molecule has 0 spiro atoms. The second-order valence-corrected chi connectivity index (χ2v) is 3.95. The molecule has 0 aromatic rings. The molecule has 0 atom stereocenters. The van der Waals surface area contributed by atoms with Crippen molar-refractivity contribution < 1.29 is 0 Å². The highest BCUT2D eigenvalue weighted by Crippen LogP contribution is 2.18. The molecule has 1 aliphatic heterocycles. The van der Waals surface area contributed by atoms with Crippen LogP contribution in [0.4, 0.5) is 0 Å². The van der Waals surface area contributed by atoms with Crippen molar-refractivity contribution in [2.75, 3.05) is 33.7 Å². The molecule has 3 heteroatoms. The summed E-state index contributed by atoms with van der Waals surface area (Å²) in [6.45, 7) is 3.05. The Morgan fingerprint density at radius 3 is 2.50 bits per heavy atom. The van der Waals surface area contributed by atoms with E-state index in [4.69, 9.17) is 11.6 Å². The van der Waals surface area contributed by atoms with Crippen molar-refractivity contribution in [2.45, 2.75) is 12.8 Å². The molecule has 0 aromatic heterocycles. The highest BCUT2D eigenvalue weighted by atomic mass is 35.5. The van der Waals surface area contributed by atoms with E-state index < -0.39 is 0 Å². The molecule has 0 unspecified atom stereocenters. The molecule has 0 aliphatic carbocycles. The van der Waals surface area contributed by atoms with Gasteiger partial charge in [0.2, 0.25) is 0 Å². The molecule has 1 fully saturated rings. The third-order valence-electron chi connectivity index (χ3n) is 2.05. The Kier molecular flexibility index (Phi) is 4.06. The fourth-order valence-corrected chi connectivity index (χ4v) is 1.82. The van der Waals surface area contributed by atoms with Crippen molar-refractivity contribution in [1.82, 2.24) is 10.2 Å². The highest BCUT2D eigenvalue weighted by molar-refractivity contribution is 6.30. The van der Waals surface area contributed by atoms with Gasteiger partial charge >= 0.3 is 0 Å². The monoisotopic (exact) mass is 188 g/mol. The summed E-state index contributed by atoms with van der Waals surface area (Å²) >= 11 is 6.16. The van der Waals surface area contributed by atoms with Gasteiger partial charge in [0.1, 0.15) is 0 Å². The van der Waals surface area contributed by atoms with Crippen molar-refractivity contribution in [3.63, 3.8) is 0 Å². The molecule has 70 valence electrons. The Morgan fingerprint density at radius 1 is 1.42 bits per heavy atom. The lowest BCUT2D eigenvalue weighted by molar-refractivity contribution is 0.448. The standard InChI is InChI=1S/C9H17ClN2/c1-12(2)7-9(10)8-3-5-11-6-4-8/h11H,3-7H2,1-2H3. The minimum Gasteiger partial charge on any atom is -0.316 e. The Balaban J connectivity index is 2.48. The largest absolute Gasteiger partial charge is 0.316 e. The molecule has 0 amide bonds. The van der Waals surface area contributed by atoms with Crippen LogP contribution in [0.15, 0.2) is 10.6 Å². The quantitative estimate of drug-likeness (QED) is 0.706. The van der Waals surface area contributed by atoms with Gasteiger partial charge < -0.3 is 10.2 Å². The molecule has 0 aromatic carbocycles. The maximum Gasteiger partial charge on any atom is 0.0335 e. The first kappa shape index (κ1) is 10.0. The van der Waals surface area contributed by atoms with Crippen LogP contribution in [0, 0.1) is 0 Å². The van der Waals surface area contributed by atoms with Crippen molar-refractivity contribution in [3.8, 4) is 0 Å². The molecule has 1 heterocycles. The van der Waals surface area contributed by atoms with Gasteiger partial charge in [-0.15, -0.1) is 0 Å². The molecule has 1 saturated heterocycles. The van der Waals surface area contributed by atoms with E-state index in [1.165, 1.54) is 5.57 Å². The van der Waals surface area contributed by atoms with Crippen LogP contribution < -0.4 is 5.32 Å². The fourth-order valence-electron chi connectivity index (χ4n) is 1.39. The molecule has 1 rings (SSSR count). The van der Waals surface area contributed by atoms with E-state index in [0.717, 1.165) is 37.5 Å². The normalized spacial score (nSPS) is 18.5. The predicted octanol–water partition coefficient (Wildman–Crippen LogP) is 1.42. The molecule has 12 heavy (non-hydrogen) atoms. The molecular formula is C9H17ClN2. The minimum atomic E-state index is 0.886. The Bertz CT molecular complexity index is 167. The van der Waals surface area contributed by atoms with Crippen molar-refractivity contribution in [2.24, 2.45) is 0 Å². The molecule has 2 nitrogen and oxygen atoms in total. The summed E-state index contributed by atoms with van der Waals surface area (Å²) in [4.78, 5) is 2.11. The Morgan fingerprint density at radius 2 is 2.00 bits per heavy atom. The van der Waals surface area contributed by atoms with Crippen LogP contribution in [0.5, 0.6) is 0 Å². The lowest BCUT2D eigenvalue weighted by atomic mass is 10.1. The van der Waals surface area contributed by atoms with E-state index in [1.807, 2.05) is 14.1 Å². The second-order valence-electron chi connectivity index (χ2n) is 3.50. The fraction of sp³-hybridized carbons (Fsp3) is 0.778. The number of hydrogen-bond donors (Lipinski definition) is 1. The summed E-state index contributed by atoms with van der Waals surface area (Å²) < 4.78 is 0. The summed E-state index contributed by atoms with van der Waals surface area (Å²) in [5.41, 5.74) is 1.43. The van der Waals surface area contributed by atoms with E-state index in [-0.39, 0.29) is 0 Å². The predicted molar refractivity (Wildman–Crippen MR) is 53.5 cm³/mol. The molecule has 1 N–H and O–H groups in total. The van der Waals surface area contributed by atoms with Gasteiger partial charge in [0.05, 0.1) is 0 Å². The van der Waals surface area contributed by atoms with Crippen LogP contribution in [-0.2, 0) is 0 Å². The lowest BCUT2D eigenvalue weighted by Gasteiger charge is -2.18. The lowest BCUT2D eigenvalue weighted by Crippen LogP contribution is -2.24. The number of likely N-dealkylation sites (N-methyl/N-ethyl adjacent to an activating group) is 1. The minimum absolute atomic E-state index is 0.886. The highest BCUT2D eigenvalue weighted by Gasteiger charge is 2.09. The third kappa shape index (κ3) is 3.13. The zero-order valence-electron chi connectivity index (χ0n) is 7.86. The van der Waals surface area contributed by atoms with Gasteiger partial charge in [-0.05, 0) is 40.0 Å². The maximum atomic E-state index is 6.16. The van der Waals surface area contributed by atoms with E-state index >= 15 is 0 Å². The van der Waals surface area contributed by atoms with Crippen LogP contribution in [0.2, 0.25) is 0 Å². The van der Waals surface area contributed by atoms with Crippen molar-refractivity contribution in [3.05, 3.63) is 10.6 Å². The van der Waals surface area contributed by atoms with E-state index in [2.05, 4.69) is 10.2 Å². The SMILES string of the molecule is CN(C)CC(Cl)=C1CCNCC1. The first-order valence-electron chi connectivity index (χ1n) is 4.42. The van der Waals surface area contributed by atoms with Gasteiger partial charge in [-0.1, -0.05) is 17.2 Å². The number of halogens is 1. The van der Waals surface area contributed by atoms with Crippen LogP contribution in [0.1, 0.15) is 12.8 Å². The summed E-state index contributed by atoms with van der Waals surface area (Å²) in [5, 5.41) is 4.36. The van der Waals surface area contributed by atoms with Crippen molar-refractivity contribution in [1.29, 1.82) is 0 Å². The van der Waals surface area contributed by atoms with Gasteiger partial charge in [0, 0.05) is 11.6 Å². The number of nitrogens with one attached hydrogen (secondary N) is 1. The summed E-state index contributed by atoms with van der Waals surface area (Å²) in [5.74, 6) is 0. The van der Waals surface area contributed by atoms with Gasteiger partial charge in [0.25, 0.3) is 0 Å². The first-order valence-corrected chi connectivity index (χ1v) is 4.80. The zero-order valence-corrected chi connectivity index (χ0v) is 8.62. The molecule has 0 saturated carbocycles. The summed E-state index contributed by atoms with van der Waals surface area (Å²) in [6.07, 6.45) is 2.24. The molecule has 0 radical (unpaired) electrons. The first-order chi connectivity index (χ1) is 5.70. The van der Waals surface area contributed by atoms with Gasteiger partial charge in [-0.3, -0.25) is 0 Å². The van der Waals surface area contributed by atoms with Crippen molar-refractivity contribution >= 4 is 11.6 Å². The van der Waals surface area contributed by atoms with Crippen LogP contribution in [0.3, 0.4) is 0 Å². The second kappa shape index (κ2) is 4.85. The number of nitrogens with zero attached hydrogens (tertiary/aromatic N) is 1. The average Bonchev–Trinajstić information content (AvgIpc) is 2.05. The van der Waals surface area contributed by atoms with Gasteiger partial charge in [-0.25, -0.2) is 0 Å². The average molecular weight is 189 g/mol. The van der Waals surface area contributed by atoms with Gasteiger partial charge in [0.15, 0.2) is 0 Å². The molecule has 0 bridgehead atoms.